The number of aromatic amines is 1. The third-order valence-electron chi connectivity index (χ3n) is 2.05. The fourth-order valence-electron chi connectivity index (χ4n) is 1.35. The molecule has 80 valence electrons. The molecule has 1 aromatic heterocycles. The van der Waals surface area contributed by atoms with Crippen LogP contribution < -0.4 is 0 Å². The van der Waals surface area contributed by atoms with Gasteiger partial charge in [-0.25, -0.2) is 4.98 Å². The van der Waals surface area contributed by atoms with Crippen LogP contribution in [0.2, 0.25) is 0 Å². The van der Waals surface area contributed by atoms with Crippen LogP contribution in [0.15, 0.2) is 22.7 Å². The van der Waals surface area contributed by atoms with E-state index in [1.54, 1.807) is 0 Å². The Labute approximate surface area is 97.0 Å². The third-order valence-corrected chi connectivity index (χ3v) is 2.54. The second kappa shape index (κ2) is 4.33. The molecule has 0 aliphatic heterocycles. The number of halogens is 1. The summed E-state index contributed by atoms with van der Waals surface area (Å²) >= 11 is 3.42. The van der Waals surface area contributed by atoms with E-state index in [9.17, 15) is 0 Å². The van der Waals surface area contributed by atoms with Crippen molar-refractivity contribution >= 4 is 27.0 Å². The van der Waals surface area contributed by atoms with E-state index in [4.69, 9.17) is 4.74 Å². The Balaban J connectivity index is 2.23. The summed E-state index contributed by atoms with van der Waals surface area (Å²) in [6, 6.07) is 5.98. The summed E-state index contributed by atoms with van der Waals surface area (Å²) in [7, 11) is 0. The molecule has 2 aromatic rings. The standard InChI is InChI=1S/C11H13BrN2O/c1-7(2)15-6-11-13-9-4-3-8(12)5-10(9)14-11/h3-5,7H,6H2,1-2H3,(H,13,14). The van der Waals surface area contributed by atoms with Gasteiger partial charge in [0.15, 0.2) is 0 Å². The predicted octanol–water partition coefficient (Wildman–Crippen LogP) is 3.25. The minimum Gasteiger partial charge on any atom is -0.371 e. The molecule has 0 atom stereocenters. The minimum absolute atomic E-state index is 0.227. The number of fused-ring (bicyclic) bond motifs is 1. The molecular weight excluding hydrogens is 256 g/mol. The van der Waals surface area contributed by atoms with Gasteiger partial charge in [0, 0.05) is 4.47 Å². The van der Waals surface area contributed by atoms with E-state index in [0.29, 0.717) is 6.61 Å². The molecule has 0 spiro atoms. The smallest absolute Gasteiger partial charge is 0.133 e. The van der Waals surface area contributed by atoms with E-state index in [1.165, 1.54) is 0 Å². The van der Waals surface area contributed by atoms with Gasteiger partial charge in [-0.05, 0) is 32.0 Å². The average Bonchev–Trinajstić information content (AvgIpc) is 2.56. The maximum Gasteiger partial charge on any atom is 0.133 e. The van der Waals surface area contributed by atoms with E-state index in [2.05, 4.69) is 25.9 Å². The molecule has 0 unspecified atom stereocenters. The van der Waals surface area contributed by atoms with Crippen LogP contribution in [-0.2, 0) is 11.3 Å². The molecule has 0 saturated heterocycles. The topological polar surface area (TPSA) is 37.9 Å². The highest BCUT2D eigenvalue weighted by molar-refractivity contribution is 9.10. The van der Waals surface area contributed by atoms with Crippen molar-refractivity contribution in [2.75, 3.05) is 0 Å². The van der Waals surface area contributed by atoms with E-state index in [-0.39, 0.29) is 6.10 Å². The Hall–Kier alpha value is -0.870. The summed E-state index contributed by atoms with van der Waals surface area (Å²) in [6.45, 7) is 4.56. The number of nitrogens with zero attached hydrogens (tertiary/aromatic N) is 1. The zero-order valence-corrected chi connectivity index (χ0v) is 10.3. The number of H-pyrrole nitrogens is 1. The first-order valence-electron chi connectivity index (χ1n) is 4.91. The lowest BCUT2D eigenvalue weighted by molar-refractivity contribution is 0.0618. The monoisotopic (exact) mass is 268 g/mol. The maximum absolute atomic E-state index is 5.48. The van der Waals surface area contributed by atoms with Gasteiger partial charge < -0.3 is 9.72 Å². The van der Waals surface area contributed by atoms with E-state index in [1.807, 2.05) is 32.0 Å². The SMILES string of the molecule is CC(C)OCc1nc2ccc(Br)cc2[nH]1. The average molecular weight is 269 g/mol. The molecular formula is C11H13BrN2O. The molecule has 1 aromatic carbocycles. The molecule has 0 radical (unpaired) electrons. The number of aromatic nitrogens is 2. The highest BCUT2D eigenvalue weighted by Crippen LogP contribution is 2.18. The molecule has 0 fully saturated rings. The Bertz CT molecular complexity index is 465. The van der Waals surface area contributed by atoms with Crippen LogP contribution in [-0.4, -0.2) is 16.1 Å². The predicted molar refractivity (Wildman–Crippen MR) is 63.7 cm³/mol. The number of ether oxygens (including phenoxy) is 1. The Morgan fingerprint density at radius 3 is 3.00 bits per heavy atom. The third kappa shape index (κ3) is 2.58. The van der Waals surface area contributed by atoms with Crippen LogP contribution >= 0.6 is 15.9 Å². The highest BCUT2D eigenvalue weighted by Gasteiger charge is 2.03. The number of nitrogens with one attached hydrogen (secondary N) is 1. The van der Waals surface area contributed by atoms with E-state index in [0.717, 1.165) is 21.3 Å². The molecule has 2 rings (SSSR count). The first-order chi connectivity index (χ1) is 7.15. The number of imidazole rings is 1. The fourth-order valence-corrected chi connectivity index (χ4v) is 1.71. The zero-order chi connectivity index (χ0) is 10.8. The summed E-state index contributed by atoms with van der Waals surface area (Å²) in [6.07, 6.45) is 0.227. The van der Waals surface area contributed by atoms with Crippen LogP contribution in [0.1, 0.15) is 19.7 Å². The summed E-state index contributed by atoms with van der Waals surface area (Å²) in [5, 5.41) is 0. The number of rotatable bonds is 3. The van der Waals surface area contributed by atoms with Crippen molar-refractivity contribution in [3.05, 3.63) is 28.5 Å². The van der Waals surface area contributed by atoms with E-state index >= 15 is 0 Å². The zero-order valence-electron chi connectivity index (χ0n) is 8.75. The van der Waals surface area contributed by atoms with Gasteiger partial charge in [-0.15, -0.1) is 0 Å². The van der Waals surface area contributed by atoms with E-state index < -0.39 is 0 Å². The molecule has 0 aliphatic carbocycles. The Morgan fingerprint density at radius 2 is 2.27 bits per heavy atom. The van der Waals surface area contributed by atoms with Crippen molar-refractivity contribution < 1.29 is 4.74 Å². The molecule has 1 heterocycles. The molecule has 0 saturated carbocycles. The lowest BCUT2D eigenvalue weighted by Gasteiger charge is -2.03. The molecule has 15 heavy (non-hydrogen) atoms. The first-order valence-corrected chi connectivity index (χ1v) is 5.70. The van der Waals surface area contributed by atoms with Crippen LogP contribution in [0.4, 0.5) is 0 Å². The molecule has 4 heteroatoms. The summed E-state index contributed by atoms with van der Waals surface area (Å²) in [4.78, 5) is 7.65. The summed E-state index contributed by atoms with van der Waals surface area (Å²) in [5.74, 6) is 0.872. The van der Waals surface area contributed by atoms with Gasteiger partial charge >= 0.3 is 0 Å². The van der Waals surface area contributed by atoms with Crippen molar-refractivity contribution in [3.8, 4) is 0 Å². The van der Waals surface area contributed by atoms with Crippen molar-refractivity contribution in [1.82, 2.24) is 9.97 Å². The molecule has 1 N–H and O–H groups in total. The molecule has 3 nitrogen and oxygen atoms in total. The fraction of sp³-hybridized carbons (Fsp3) is 0.364. The van der Waals surface area contributed by atoms with Crippen LogP contribution in [0.5, 0.6) is 0 Å². The lowest BCUT2D eigenvalue weighted by atomic mass is 10.3. The second-order valence-corrected chi connectivity index (χ2v) is 4.62. The lowest BCUT2D eigenvalue weighted by Crippen LogP contribution is -2.03. The Morgan fingerprint density at radius 1 is 1.47 bits per heavy atom. The number of benzene rings is 1. The quantitative estimate of drug-likeness (QED) is 0.928. The van der Waals surface area contributed by atoms with Gasteiger partial charge in [-0.2, -0.15) is 0 Å². The second-order valence-electron chi connectivity index (χ2n) is 3.70. The highest BCUT2D eigenvalue weighted by atomic mass is 79.9. The first kappa shape index (κ1) is 10.6. The number of hydrogen-bond acceptors (Lipinski definition) is 2. The van der Waals surface area contributed by atoms with Crippen LogP contribution in [0.25, 0.3) is 11.0 Å². The van der Waals surface area contributed by atoms with Gasteiger partial charge in [-0.1, -0.05) is 15.9 Å². The van der Waals surface area contributed by atoms with Crippen molar-refractivity contribution in [2.24, 2.45) is 0 Å². The van der Waals surface area contributed by atoms with Crippen molar-refractivity contribution in [2.45, 2.75) is 26.6 Å². The Kier molecular flexibility index (Phi) is 3.07. The van der Waals surface area contributed by atoms with Crippen LogP contribution in [0, 0.1) is 0 Å². The summed E-state index contributed by atoms with van der Waals surface area (Å²) < 4.78 is 6.53. The minimum atomic E-state index is 0.227. The van der Waals surface area contributed by atoms with Gasteiger partial charge in [-0.3, -0.25) is 0 Å². The van der Waals surface area contributed by atoms with Gasteiger partial charge in [0.25, 0.3) is 0 Å². The number of hydrogen-bond donors (Lipinski definition) is 1. The van der Waals surface area contributed by atoms with Gasteiger partial charge in [0.2, 0.25) is 0 Å². The molecule has 0 bridgehead atoms. The van der Waals surface area contributed by atoms with Crippen LogP contribution in [0.3, 0.4) is 0 Å². The maximum atomic E-state index is 5.48. The van der Waals surface area contributed by atoms with Gasteiger partial charge in [0.05, 0.1) is 17.1 Å². The largest absolute Gasteiger partial charge is 0.371 e. The van der Waals surface area contributed by atoms with Crippen molar-refractivity contribution in [3.63, 3.8) is 0 Å². The van der Waals surface area contributed by atoms with Gasteiger partial charge in [0.1, 0.15) is 12.4 Å². The molecule has 0 amide bonds. The normalized spacial score (nSPS) is 11.5. The summed E-state index contributed by atoms with van der Waals surface area (Å²) in [5.41, 5.74) is 2.01. The molecule has 0 aliphatic rings. The van der Waals surface area contributed by atoms with Crippen molar-refractivity contribution in [1.29, 1.82) is 0 Å².